The van der Waals surface area contributed by atoms with Gasteiger partial charge in [-0.25, -0.2) is 14.4 Å². The molecule has 0 aromatic carbocycles. The third-order valence-electron chi connectivity index (χ3n) is 2.10. The number of pyridine rings is 2. The molecule has 4 nitrogen and oxygen atoms in total. The van der Waals surface area contributed by atoms with Gasteiger partial charge in [-0.2, -0.15) is 5.26 Å². The molecule has 0 radical (unpaired) electrons. The highest BCUT2D eigenvalue weighted by Gasteiger charge is 2.10. The minimum absolute atomic E-state index is 0.139. The van der Waals surface area contributed by atoms with E-state index in [1.807, 2.05) is 6.07 Å². The summed E-state index contributed by atoms with van der Waals surface area (Å²) in [7, 11) is 0. The molecule has 0 aliphatic carbocycles. The molecule has 2 N–H and O–H groups in total. The van der Waals surface area contributed by atoms with E-state index in [9.17, 15) is 4.39 Å². The third-order valence-corrected chi connectivity index (χ3v) is 2.10. The first-order valence-corrected chi connectivity index (χ1v) is 4.49. The lowest BCUT2D eigenvalue weighted by Crippen LogP contribution is -1.96. The van der Waals surface area contributed by atoms with Crippen molar-refractivity contribution < 1.29 is 4.39 Å². The maximum Gasteiger partial charge on any atom is 0.149 e. The van der Waals surface area contributed by atoms with Gasteiger partial charge in [-0.3, -0.25) is 0 Å². The maximum absolute atomic E-state index is 13.5. The van der Waals surface area contributed by atoms with Crippen LogP contribution in [0.1, 0.15) is 5.69 Å². The fourth-order valence-electron chi connectivity index (χ4n) is 1.35. The lowest BCUT2D eigenvalue weighted by atomic mass is 10.1. The Balaban J connectivity index is 2.65. The van der Waals surface area contributed by atoms with Crippen LogP contribution in [0.15, 0.2) is 30.6 Å². The molecule has 0 atom stereocenters. The lowest BCUT2D eigenvalue weighted by molar-refractivity contribution is 0.624. The molecule has 0 bridgehead atoms. The van der Waals surface area contributed by atoms with Crippen molar-refractivity contribution in [1.82, 2.24) is 9.97 Å². The van der Waals surface area contributed by atoms with Gasteiger partial charge in [0.25, 0.3) is 0 Å². The number of rotatable bonds is 1. The summed E-state index contributed by atoms with van der Waals surface area (Å²) >= 11 is 0. The van der Waals surface area contributed by atoms with Gasteiger partial charge >= 0.3 is 0 Å². The first kappa shape index (κ1) is 10.1. The van der Waals surface area contributed by atoms with Gasteiger partial charge in [0.15, 0.2) is 0 Å². The van der Waals surface area contributed by atoms with Crippen molar-refractivity contribution in [2.24, 2.45) is 0 Å². The fraction of sp³-hybridized carbons (Fsp3) is 0. The van der Waals surface area contributed by atoms with Crippen LogP contribution in [-0.2, 0) is 0 Å². The largest absolute Gasteiger partial charge is 0.383 e. The molecule has 2 heterocycles. The number of halogens is 1. The van der Waals surface area contributed by atoms with Crippen LogP contribution in [0, 0.1) is 17.1 Å². The molecule has 0 spiro atoms. The molecular formula is C11H7FN4. The summed E-state index contributed by atoms with van der Waals surface area (Å²) in [6.07, 6.45) is 2.52. The number of nitrogens with zero attached hydrogens (tertiary/aromatic N) is 3. The second-order valence-electron chi connectivity index (χ2n) is 3.10. The number of nitrogens with two attached hydrogens (primary N) is 1. The van der Waals surface area contributed by atoms with Crippen LogP contribution < -0.4 is 5.73 Å². The Hall–Kier alpha value is -2.48. The van der Waals surface area contributed by atoms with Crippen LogP contribution >= 0.6 is 0 Å². The number of nitrogen functional groups attached to an aromatic ring is 1. The molecule has 0 saturated heterocycles. The molecule has 5 heteroatoms. The standard InChI is InChI=1S/C11H7FN4/c12-10-6-16-7(5-13)4-9(10)8-2-1-3-15-11(8)14/h1-4,6H,(H2,14,15). The molecule has 0 saturated carbocycles. The van der Waals surface area contributed by atoms with Crippen molar-refractivity contribution in [3.05, 3.63) is 42.1 Å². The molecule has 0 aliphatic heterocycles. The van der Waals surface area contributed by atoms with E-state index in [1.54, 1.807) is 12.1 Å². The molecule has 0 aliphatic rings. The average Bonchev–Trinajstić information content (AvgIpc) is 2.31. The fourth-order valence-corrected chi connectivity index (χ4v) is 1.35. The second kappa shape index (κ2) is 3.95. The van der Waals surface area contributed by atoms with E-state index in [1.165, 1.54) is 12.3 Å². The quantitative estimate of drug-likeness (QED) is 0.784. The molecule has 2 aromatic heterocycles. The van der Waals surface area contributed by atoms with Gasteiger partial charge in [-0.1, -0.05) is 0 Å². The topological polar surface area (TPSA) is 75.6 Å². The van der Waals surface area contributed by atoms with E-state index in [2.05, 4.69) is 9.97 Å². The zero-order valence-corrected chi connectivity index (χ0v) is 8.18. The van der Waals surface area contributed by atoms with Gasteiger partial charge < -0.3 is 5.73 Å². The zero-order chi connectivity index (χ0) is 11.5. The van der Waals surface area contributed by atoms with E-state index in [0.29, 0.717) is 5.56 Å². The summed E-state index contributed by atoms with van der Waals surface area (Å²) in [4.78, 5) is 7.48. The first-order chi connectivity index (χ1) is 7.72. The van der Waals surface area contributed by atoms with E-state index >= 15 is 0 Å². The van der Waals surface area contributed by atoms with Crippen molar-refractivity contribution in [1.29, 1.82) is 5.26 Å². The smallest absolute Gasteiger partial charge is 0.149 e. The minimum atomic E-state index is -0.529. The first-order valence-electron chi connectivity index (χ1n) is 4.49. The number of aromatic nitrogens is 2. The molecule has 16 heavy (non-hydrogen) atoms. The number of hydrogen-bond donors (Lipinski definition) is 1. The van der Waals surface area contributed by atoms with Crippen molar-refractivity contribution >= 4 is 5.82 Å². The van der Waals surface area contributed by atoms with Gasteiger partial charge in [-0.05, 0) is 18.2 Å². The average molecular weight is 214 g/mol. The predicted molar refractivity (Wildman–Crippen MR) is 56.6 cm³/mol. The van der Waals surface area contributed by atoms with Crippen LogP contribution in [0.25, 0.3) is 11.1 Å². The summed E-state index contributed by atoms with van der Waals surface area (Å²) in [5.41, 5.74) is 6.46. The van der Waals surface area contributed by atoms with Gasteiger partial charge in [-0.15, -0.1) is 0 Å². The molecule has 0 unspecified atom stereocenters. The van der Waals surface area contributed by atoms with Gasteiger partial charge in [0.1, 0.15) is 23.4 Å². The van der Waals surface area contributed by atoms with Crippen LogP contribution in [0.2, 0.25) is 0 Å². The van der Waals surface area contributed by atoms with Crippen molar-refractivity contribution in [2.45, 2.75) is 0 Å². The molecule has 2 aromatic rings. The monoisotopic (exact) mass is 214 g/mol. The highest BCUT2D eigenvalue weighted by molar-refractivity contribution is 5.74. The van der Waals surface area contributed by atoms with E-state index in [4.69, 9.17) is 11.0 Å². The predicted octanol–water partition coefficient (Wildman–Crippen LogP) is 1.74. The van der Waals surface area contributed by atoms with Crippen LogP contribution in [0.3, 0.4) is 0 Å². The highest BCUT2D eigenvalue weighted by Crippen LogP contribution is 2.26. The van der Waals surface area contributed by atoms with Crippen LogP contribution in [0.4, 0.5) is 10.2 Å². The van der Waals surface area contributed by atoms with Crippen molar-refractivity contribution in [2.75, 3.05) is 5.73 Å². The Bertz CT molecular complexity index is 574. The SMILES string of the molecule is N#Cc1cc(-c2cccnc2N)c(F)cn1. The van der Waals surface area contributed by atoms with Crippen molar-refractivity contribution in [3.8, 4) is 17.2 Å². The Morgan fingerprint density at radius 3 is 2.81 bits per heavy atom. The Morgan fingerprint density at radius 1 is 1.31 bits per heavy atom. The Labute approximate surface area is 91.2 Å². The molecule has 2 rings (SSSR count). The summed E-state index contributed by atoms with van der Waals surface area (Å²) in [6, 6.07) is 6.49. The third kappa shape index (κ3) is 1.68. The molecule has 0 fully saturated rings. The van der Waals surface area contributed by atoms with E-state index < -0.39 is 5.82 Å². The number of hydrogen-bond acceptors (Lipinski definition) is 4. The minimum Gasteiger partial charge on any atom is -0.383 e. The normalized spacial score (nSPS) is 9.75. The summed E-state index contributed by atoms with van der Waals surface area (Å²) in [5.74, 6) is -0.310. The number of anilines is 1. The highest BCUT2D eigenvalue weighted by atomic mass is 19.1. The summed E-state index contributed by atoms with van der Waals surface area (Å²) in [5, 5.41) is 8.69. The van der Waals surface area contributed by atoms with Crippen LogP contribution in [-0.4, -0.2) is 9.97 Å². The molecule has 0 amide bonds. The molecular weight excluding hydrogens is 207 g/mol. The lowest BCUT2D eigenvalue weighted by Gasteiger charge is -2.05. The Morgan fingerprint density at radius 2 is 2.12 bits per heavy atom. The zero-order valence-electron chi connectivity index (χ0n) is 8.18. The Kier molecular flexibility index (Phi) is 2.48. The van der Waals surface area contributed by atoms with Crippen LogP contribution in [0.5, 0.6) is 0 Å². The van der Waals surface area contributed by atoms with E-state index in [-0.39, 0.29) is 17.1 Å². The second-order valence-corrected chi connectivity index (χ2v) is 3.10. The number of nitriles is 1. The van der Waals surface area contributed by atoms with Gasteiger partial charge in [0.2, 0.25) is 0 Å². The summed E-state index contributed by atoms with van der Waals surface area (Å²) < 4.78 is 13.5. The molecule has 78 valence electrons. The van der Waals surface area contributed by atoms with E-state index in [0.717, 1.165) is 6.20 Å². The van der Waals surface area contributed by atoms with Gasteiger partial charge in [0, 0.05) is 17.3 Å². The maximum atomic E-state index is 13.5. The van der Waals surface area contributed by atoms with Gasteiger partial charge in [0.05, 0.1) is 6.20 Å². The van der Waals surface area contributed by atoms with Crippen molar-refractivity contribution in [3.63, 3.8) is 0 Å². The summed E-state index contributed by atoms with van der Waals surface area (Å²) in [6.45, 7) is 0.